The summed E-state index contributed by atoms with van der Waals surface area (Å²) >= 11 is 0. The standard InChI is InChI=1S/C44H36/c1-4-14-31(15-5-1)33-24-26-35(27-25-33)43-38-20-10-12-22-40(38)44(41-23-13-11-21-39(41)43)42-30-36(32-16-6-2-7-17-32)28-29-37(42)34-18-8-3-9-19-34/h2-3,6-13,16-31H,1,4-5,14-15H2. The Morgan fingerprint density at radius 2 is 0.841 bits per heavy atom. The molecular weight excluding hydrogens is 528 g/mol. The molecule has 0 spiro atoms. The van der Waals surface area contributed by atoms with E-state index in [2.05, 4.69) is 152 Å². The molecule has 44 heavy (non-hydrogen) atoms. The van der Waals surface area contributed by atoms with Crippen LogP contribution >= 0.6 is 0 Å². The average Bonchev–Trinajstić information content (AvgIpc) is 3.11. The SMILES string of the molecule is c1ccc(-c2ccc(-c3ccccc3)c(-c3c4ccccc4c(-c4ccc(C5CCCCC5)cc4)c4ccccc34)c2)cc1. The Balaban J connectivity index is 1.39. The Labute approximate surface area is 260 Å². The van der Waals surface area contributed by atoms with Crippen molar-refractivity contribution in [2.75, 3.05) is 0 Å². The lowest BCUT2D eigenvalue weighted by Gasteiger charge is -2.23. The van der Waals surface area contributed by atoms with Crippen LogP contribution in [0.2, 0.25) is 0 Å². The van der Waals surface area contributed by atoms with Gasteiger partial charge in [0.15, 0.2) is 0 Å². The smallest absolute Gasteiger partial charge is 0.00199 e. The molecule has 0 heteroatoms. The maximum atomic E-state index is 2.41. The lowest BCUT2D eigenvalue weighted by molar-refractivity contribution is 0.443. The number of benzene rings is 7. The van der Waals surface area contributed by atoms with Crippen molar-refractivity contribution in [3.8, 4) is 44.5 Å². The van der Waals surface area contributed by atoms with Gasteiger partial charge in [0.2, 0.25) is 0 Å². The molecule has 0 heterocycles. The molecule has 7 aromatic carbocycles. The monoisotopic (exact) mass is 564 g/mol. The minimum absolute atomic E-state index is 0.710. The quantitative estimate of drug-likeness (QED) is 0.182. The largest absolute Gasteiger partial charge is 0.0622 e. The highest BCUT2D eigenvalue weighted by atomic mass is 14.2. The molecule has 0 saturated heterocycles. The van der Waals surface area contributed by atoms with Crippen molar-refractivity contribution in [3.63, 3.8) is 0 Å². The minimum atomic E-state index is 0.710. The number of fused-ring (bicyclic) bond motifs is 2. The second-order valence-electron chi connectivity index (χ2n) is 12.3. The van der Waals surface area contributed by atoms with Crippen LogP contribution < -0.4 is 0 Å². The fourth-order valence-electron chi connectivity index (χ4n) is 7.52. The predicted octanol–water partition coefficient (Wildman–Crippen LogP) is 12.7. The zero-order chi connectivity index (χ0) is 29.3. The fourth-order valence-corrected chi connectivity index (χ4v) is 7.52. The number of hydrogen-bond donors (Lipinski definition) is 0. The van der Waals surface area contributed by atoms with E-state index in [4.69, 9.17) is 0 Å². The van der Waals surface area contributed by atoms with Gasteiger partial charge < -0.3 is 0 Å². The molecule has 0 aliphatic heterocycles. The molecule has 7 aromatic rings. The third-order valence-corrected chi connectivity index (χ3v) is 9.69. The zero-order valence-electron chi connectivity index (χ0n) is 25.0. The first kappa shape index (κ1) is 26.7. The van der Waals surface area contributed by atoms with Crippen LogP contribution in [0.4, 0.5) is 0 Å². The minimum Gasteiger partial charge on any atom is -0.0622 e. The van der Waals surface area contributed by atoms with Crippen molar-refractivity contribution in [3.05, 3.63) is 157 Å². The number of rotatable bonds is 5. The Kier molecular flexibility index (Phi) is 7.05. The highest BCUT2D eigenvalue weighted by Gasteiger charge is 2.20. The summed E-state index contributed by atoms with van der Waals surface area (Å²) in [6.07, 6.45) is 6.76. The van der Waals surface area contributed by atoms with Gasteiger partial charge in [-0.25, -0.2) is 0 Å². The summed E-state index contributed by atoms with van der Waals surface area (Å²) in [7, 11) is 0. The third kappa shape index (κ3) is 4.81. The van der Waals surface area contributed by atoms with E-state index in [1.807, 2.05) is 0 Å². The van der Waals surface area contributed by atoms with Gasteiger partial charge in [-0.1, -0.05) is 165 Å². The lowest BCUT2D eigenvalue weighted by atomic mass is 9.81. The molecule has 1 aliphatic rings. The molecule has 0 atom stereocenters. The molecule has 0 unspecified atom stereocenters. The van der Waals surface area contributed by atoms with Crippen LogP contribution in [0.5, 0.6) is 0 Å². The van der Waals surface area contributed by atoms with Crippen LogP contribution in [0.3, 0.4) is 0 Å². The number of hydrogen-bond acceptors (Lipinski definition) is 0. The van der Waals surface area contributed by atoms with Crippen molar-refractivity contribution < 1.29 is 0 Å². The average molecular weight is 565 g/mol. The van der Waals surface area contributed by atoms with E-state index >= 15 is 0 Å². The van der Waals surface area contributed by atoms with Crippen molar-refractivity contribution in [2.24, 2.45) is 0 Å². The summed E-state index contributed by atoms with van der Waals surface area (Å²) < 4.78 is 0. The van der Waals surface area contributed by atoms with Crippen molar-refractivity contribution in [2.45, 2.75) is 38.0 Å². The van der Waals surface area contributed by atoms with Gasteiger partial charge in [-0.2, -0.15) is 0 Å². The van der Waals surface area contributed by atoms with E-state index in [-0.39, 0.29) is 0 Å². The molecule has 8 rings (SSSR count). The van der Waals surface area contributed by atoms with Gasteiger partial charge in [-0.3, -0.25) is 0 Å². The van der Waals surface area contributed by atoms with E-state index in [9.17, 15) is 0 Å². The van der Waals surface area contributed by atoms with E-state index in [0.717, 1.165) is 0 Å². The highest BCUT2D eigenvalue weighted by molar-refractivity contribution is 6.22. The summed E-state index contributed by atoms with van der Waals surface area (Å²) in [5.41, 5.74) is 11.7. The second-order valence-corrected chi connectivity index (χ2v) is 12.3. The molecule has 0 amide bonds. The van der Waals surface area contributed by atoms with Crippen molar-refractivity contribution in [1.29, 1.82) is 0 Å². The summed E-state index contributed by atoms with van der Waals surface area (Å²) in [4.78, 5) is 0. The summed E-state index contributed by atoms with van der Waals surface area (Å²) in [5, 5.41) is 5.19. The molecule has 212 valence electrons. The van der Waals surface area contributed by atoms with E-state index in [1.165, 1.54) is 104 Å². The predicted molar refractivity (Wildman–Crippen MR) is 189 cm³/mol. The van der Waals surface area contributed by atoms with Gasteiger partial charge in [0, 0.05) is 0 Å². The molecule has 0 radical (unpaired) electrons. The van der Waals surface area contributed by atoms with Gasteiger partial charge in [0.25, 0.3) is 0 Å². The van der Waals surface area contributed by atoms with Gasteiger partial charge in [0.05, 0.1) is 0 Å². The molecule has 1 saturated carbocycles. The molecular formula is C44H36. The van der Waals surface area contributed by atoms with Gasteiger partial charge in [0.1, 0.15) is 0 Å². The maximum Gasteiger partial charge on any atom is -0.00199 e. The van der Waals surface area contributed by atoms with Gasteiger partial charge in [-0.05, 0) is 96.4 Å². The highest BCUT2D eigenvalue weighted by Crippen LogP contribution is 2.47. The molecule has 1 aliphatic carbocycles. The Morgan fingerprint density at radius 3 is 1.43 bits per heavy atom. The second kappa shape index (κ2) is 11.6. The molecule has 0 bridgehead atoms. The summed E-state index contributed by atoms with van der Waals surface area (Å²) in [6, 6.07) is 56.2. The van der Waals surface area contributed by atoms with Crippen LogP contribution in [-0.2, 0) is 0 Å². The third-order valence-electron chi connectivity index (χ3n) is 9.69. The van der Waals surface area contributed by atoms with Crippen LogP contribution in [0, 0.1) is 0 Å². The first-order valence-electron chi connectivity index (χ1n) is 16.1. The van der Waals surface area contributed by atoms with E-state index in [1.54, 1.807) is 0 Å². The molecule has 0 aromatic heterocycles. The molecule has 1 fully saturated rings. The van der Waals surface area contributed by atoms with Crippen LogP contribution in [-0.4, -0.2) is 0 Å². The molecule has 0 nitrogen and oxygen atoms in total. The van der Waals surface area contributed by atoms with Gasteiger partial charge >= 0.3 is 0 Å². The normalized spacial score (nSPS) is 13.8. The van der Waals surface area contributed by atoms with Crippen LogP contribution in [0.1, 0.15) is 43.6 Å². The summed E-state index contributed by atoms with van der Waals surface area (Å²) in [5.74, 6) is 0.710. The zero-order valence-corrected chi connectivity index (χ0v) is 25.0. The maximum absolute atomic E-state index is 2.41. The van der Waals surface area contributed by atoms with E-state index in [0.29, 0.717) is 5.92 Å². The van der Waals surface area contributed by atoms with Crippen LogP contribution in [0.25, 0.3) is 66.1 Å². The summed E-state index contributed by atoms with van der Waals surface area (Å²) in [6.45, 7) is 0. The van der Waals surface area contributed by atoms with Crippen molar-refractivity contribution in [1.82, 2.24) is 0 Å². The first-order valence-corrected chi connectivity index (χ1v) is 16.1. The van der Waals surface area contributed by atoms with Gasteiger partial charge in [-0.15, -0.1) is 0 Å². The Bertz CT molecular complexity index is 2010. The van der Waals surface area contributed by atoms with Crippen molar-refractivity contribution >= 4 is 21.5 Å². The Morgan fingerprint density at radius 1 is 0.341 bits per heavy atom. The Hall–Kier alpha value is -4.94. The molecule has 0 N–H and O–H groups in total. The lowest BCUT2D eigenvalue weighted by Crippen LogP contribution is -2.04. The topological polar surface area (TPSA) is 0 Å². The van der Waals surface area contributed by atoms with E-state index < -0.39 is 0 Å². The van der Waals surface area contributed by atoms with Crippen LogP contribution in [0.15, 0.2) is 152 Å². The fraction of sp³-hybridized carbons (Fsp3) is 0.136. The first-order chi connectivity index (χ1) is 21.8.